The van der Waals surface area contributed by atoms with Crippen LogP contribution in [0.5, 0.6) is 5.75 Å². The highest BCUT2D eigenvalue weighted by Gasteiger charge is 2.15. The van der Waals surface area contributed by atoms with E-state index in [4.69, 9.17) is 4.74 Å². The molecule has 1 N–H and O–H groups in total. The molecule has 0 atom stereocenters. The number of ether oxygens (including phenoxy) is 1. The van der Waals surface area contributed by atoms with E-state index in [1.54, 1.807) is 0 Å². The van der Waals surface area contributed by atoms with Crippen molar-refractivity contribution in [3.8, 4) is 5.75 Å². The Morgan fingerprint density at radius 3 is 2.50 bits per heavy atom. The van der Waals surface area contributed by atoms with Gasteiger partial charge in [-0.1, -0.05) is 6.07 Å². The Hall–Kier alpha value is -2.50. The lowest BCUT2D eigenvalue weighted by atomic mass is 10.2. The van der Waals surface area contributed by atoms with Gasteiger partial charge < -0.3 is 10.1 Å². The fourth-order valence-corrected chi connectivity index (χ4v) is 1.62. The van der Waals surface area contributed by atoms with Crippen molar-refractivity contribution in [2.75, 3.05) is 12.4 Å². The minimum Gasteiger partial charge on any atom is -0.494 e. The molecule has 0 fully saturated rings. The number of rotatable bonds is 3. The van der Waals surface area contributed by atoms with Crippen LogP contribution in [-0.2, 0) is 0 Å². The summed E-state index contributed by atoms with van der Waals surface area (Å²) in [6.45, 7) is 0. The van der Waals surface area contributed by atoms with Crippen molar-refractivity contribution < 1.29 is 22.7 Å². The van der Waals surface area contributed by atoms with E-state index in [1.807, 2.05) is 0 Å². The highest BCUT2D eigenvalue weighted by Crippen LogP contribution is 2.21. The molecule has 20 heavy (non-hydrogen) atoms. The molecule has 0 bridgehead atoms. The van der Waals surface area contributed by atoms with E-state index >= 15 is 0 Å². The Balaban J connectivity index is 2.24. The second kappa shape index (κ2) is 5.64. The van der Waals surface area contributed by atoms with Crippen molar-refractivity contribution in [2.45, 2.75) is 0 Å². The summed E-state index contributed by atoms with van der Waals surface area (Å²) in [4.78, 5) is 11.8. The highest BCUT2D eigenvalue weighted by atomic mass is 19.2. The maximum Gasteiger partial charge on any atom is 0.258 e. The molecule has 0 spiro atoms. The van der Waals surface area contributed by atoms with Crippen LogP contribution < -0.4 is 10.1 Å². The molecule has 1 amide bonds. The molecule has 0 aliphatic rings. The number of carbonyl (C=O) groups is 1. The van der Waals surface area contributed by atoms with Crippen molar-refractivity contribution in [3.05, 3.63) is 59.4 Å². The first-order valence-electron chi connectivity index (χ1n) is 5.62. The number of nitrogens with one attached hydrogen (secondary N) is 1. The number of anilines is 1. The molecular formula is C14H10F3NO2. The molecule has 2 rings (SSSR count). The fraction of sp³-hybridized carbons (Fsp3) is 0.0714. The molecule has 0 heterocycles. The van der Waals surface area contributed by atoms with Crippen LogP contribution in [0.2, 0.25) is 0 Å². The molecule has 0 radical (unpaired) electrons. The van der Waals surface area contributed by atoms with Gasteiger partial charge in [-0.25, -0.2) is 13.2 Å². The monoisotopic (exact) mass is 281 g/mol. The Labute approximate surface area is 113 Å². The Kier molecular flexibility index (Phi) is 3.93. The van der Waals surface area contributed by atoms with Gasteiger partial charge in [0.2, 0.25) is 0 Å². The van der Waals surface area contributed by atoms with E-state index in [2.05, 4.69) is 5.32 Å². The number of hydrogen-bond donors (Lipinski definition) is 1. The summed E-state index contributed by atoms with van der Waals surface area (Å²) in [7, 11) is 1.30. The van der Waals surface area contributed by atoms with Gasteiger partial charge in [0.05, 0.1) is 12.7 Å². The molecule has 104 valence electrons. The minimum absolute atomic E-state index is 0.0138. The SMILES string of the molecule is COc1ccc(NC(=O)c2cccc(F)c2F)cc1F. The van der Waals surface area contributed by atoms with Crippen molar-refractivity contribution in [3.63, 3.8) is 0 Å². The van der Waals surface area contributed by atoms with Crippen LogP contribution in [0.4, 0.5) is 18.9 Å². The smallest absolute Gasteiger partial charge is 0.258 e. The van der Waals surface area contributed by atoms with Gasteiger partial charge >= 0.3 is 0 Å². The van der Waals surface area contributed by atoms with Gasteiger partial charge in [0.1, 0.15) is 0 Å². The largest absolute Gasteiger partial charge is 0.494 e. The van der Waals surface area contributed by atoms with Gasteiger partial charge in [-0.15, -0.1) is 0 Å². The summed E-state index contributed by atoms with van der Waals surface area (Å²) < 4.78 is 44.6. The summed E-state index contributed by atoms with van der Waals surface area (Å²) in [6, 6.07) is 6.96. The first kappa shape index (κ1) is 13.9. The third-order valence-electron chi connectivity index (χ3n) is 2.61. The van der Waals surface area contributed by atoms with Crippen LogP contribution in [-0.4, -0.2) is 13.0 Å². The summed E-state index contributed by atoms with van der Waals surface area (Å²) in [6.07, 6.45) is 0. The molecule has 3 nitrogen and oxygen atoms in total. The van der Waals surface area contributed by atoms with Crippen LogP contribution in [0.25, 0.3) is 0 Å². The van der Waals surface area contributed by atoms with Crippen LogP contribution in [0, 0.1) is 17.5 Å². The lowest BCUT2D eigenvalue weighted by Gasteiger charge is -2.08. The topological polar surface area (TPSA) is 38.3 Å². The molecule has 2 aromatic carbocycles. The van der Waals surface area contributed by atoms with E-state index in [-0.39, 0.29) is 11.4 Å². The number of amides is 1. The molecule has 0 aliphatic heterocycles. The maximum absolute atomic E-state index is 13.4. The summed E-state index contributed by atoms with van der Waals surface area (Å²) in [5.74, 6) is -3.91. The van der Waals surface area contributed by atoms with Crippen molar-refractivity contribution >= 4 is 11.6 Å². The van der Waals surface area contributed by atoms with Gasteiger partial charge in [0.25, 0.3) is 5.91 Å². The number of carbonyl (C=O) groups excluding carboxylic acids is 1. The van der Waals surface area contributed by atoms with Crippen LogP contribution >= 0.6 is 0 Å². The lowest BCUT2D eigenvalue weighted by molar-refractivity contribution is 0.102. The van der Waals surface area contributed by atoms with Gasteiger partial charge in [-0.05, 0) is 24.3 Å². The molecule has 0 aliphatic carbocycles. The van der Waals surface area contributed by atoms with Gasteiger partial charge in [-0.2, -0.15) is 0 Å². The zero-order valence-corrected chi connectivity index (χ0v) is 10.4. The third-order valence-corrected chi connectivity index (χ3v) is 2.61. The molecular weight excluding hydrogens is 271 g/mol. The average Bonchev–Trinajstić information content (AvgIpc) is 2.42. The average molecular weight is 281 g/mol. The first-order valence-corrected chi connectivity index (χ1v) is 5.62. The molecule has 6 heteroatoms. The van der Waals surface area contributed by atoms with Crippen LogP contribution in [0.15, 0.2) is 36.4 Å². The maximum atomic E-state index is 13.4. The summed E-state index contributed by atoms with van der Waals surface area (Å²) >= 11 is 0. The van der Waals surface area contributed by atoms with Gasteiger partial charge in [-0.3, -0.25) is 4.79 Å². The second-order valence-electron chi connectivity index (χ2n) is 3.90. The van der Waals surface area contributed by atoms with Gasteiger partial charge in [0, 0.05) is 11.8 Å². The zero-order chi connectivity index (χ0) is 14.7. The fourth-order valence-electron chi connectivity index (χ4n) is 1.62. The predicted molar refractivity (Wildman–Crippen MR) is 67.3 cm³/mol. The summed E-state index contributed by atoms with van der Waals surface area (Å²) in [5.41, 5.74) is -0.349. The predicted octanol–water partition coefficient (Wildman–Crippen LogP) is 3.36. The van der Waals surface area contributed by atoms with Crippen molar-refractivity contribution in [1.82, 2.24) is 0 Å². The normalized spacial score (nSPS) is 10.2. The number of methoxy groups -OCH3 is 1. The number of hydrogen-bond acceptors (Lipinski definition) is 2. The van der Waals surface area contributed by atoms with Crippen LogP contribution in [0.3, 0.4) is 0 Å². The number of halogens is 3. The zero-order valence-electron chi connectivity index (χ0n) is 10.4. The minimum atomic E-state index is -1.25. The quantitative estimate of drug-likeness (QED) is 0.936. The van der Waals surface area contributed by atoms with E-state index < -0.39 is 28.9 Å². The lowest BCUT2D eigenvalue weighted by Crippen LogP contribution is -2.14. The van der Waals surface area contributed by atoms with E-state index in [1.165, 1.54) is 25.3 Å². The van der Waals surface area contributed by atoms with Crippen molar-refractivity contribution in [1.29, 1.82) is 0 Å². The summed E-state index contributed by atoms with van der Waals surface area (Å²) in [5, 5.41) is 2.28. The standard InChI is InChI=1S/C14H10F3NO2/c1-20-12-6-5-8(7-11(12)16)18-14(19)9-3-2-4-10(15)13(9)17/h2-7H,1H3,(H,18,19). The van der Waals surface area contributed by atoms with Gasteiger partial charge in [0.15, 0.2) is 23.2 Å². The molecule has 0 saturated carbocycles. The Morgan fingerprint density at radius 1 is 1.10 bits per heavy atom. The van der Waals surface area contributed by atoms with Crippen LogP contribution in [0.1, 0.15) is 10.4 Å². The molecule has 0 aromatic heterocycles. The Morgan fingerprint density at radius 2 is 1.85 bits per heavy atom. The second-order valence-corrected chi connectivity index (χ2v) is 3.90. The van der Waals surface area contributed by atoms with Crippen molar-refractivity contribution in [2.24, 2.45) is 0 Å². The highest BCUT2D eigenvalue weighted by molar-refractivity contribution is 6.04. The van der Waals surface area contributed by atoms with E-state index in [0.717, 1.165) is 18.2 Å². The molecule has 0 unspecified atom stereocenters. The Bertz CT molecular complexity index is 659. The van der Waals surface area contributed by atoms with E-state index in [9.17, 15) is 18.0 Å². The third kappa shape index (κ3) is 2.74. The first-order chi connectivity index (χ1) is 9.52. The van der Waals surface area contributed by atoms with E-state index in [0.29, 0.717) is 0 Å². The molecule has 0 saturated heterocycles. The molecule has 2 aromatic rings. The number of benzene rings is 2.